The molecule has 0 atom stereocenters. The van der Waals surface area contributed by atoms with Gasteiger partial charge in [-0.1, -0.05) is 51.8 Å². The van der Waals surface area contributed by atoms with Crippen LogP contribution in [0.25, 0.3) is 28.2 Å². The van der Waals surface area contributed by atoms with Crippen LogP contribution in [0.3, 0.4) is 0 Å². The lowest BCUT2D eigenvalue weighted by atomic mass is 9.95. The molecule has 0 aliphatic heterocycles. The summed E-state index contributed by atoms with van der Waals surface area (Å²) in [6.45, 7) is 7.33. The molecular weight excluding hydrogens is 601 g/mol. The third kappa shape index (κ3) is 8.68. The van der Waals surface area contributed by atoms with E-state index in [0.29, 0.717) is 48.3 Å². The van der Waals surface area contributed by atoms with Gasteiger partial charge in [0.05, 0.1) is 23.1 Å². The van der Waals surface area contributed by atoms with Crippen molar-refractivity contribution in [3.05, 3.63) is 65.9 Å². The molecule has 2 heterocycles. The smallest absolute Gasteiger partial charge is 0.326 e. The Kier molecular flexibility index (Phi) is 10.5. The van der Waals surface area contributed by atoms with Crippen LogP contribution in [0.2, 0.25) is 0 Å². The van der Waals surface area contributed by atoms with Crippen LogP contribution in [-0.2, 0) is 20.6 Å². The third-order valence-corrected chi connectivity index (χ3v) is 7.35. The van der Waals surface area contributed by atoms with Crippen molar-refractivity contribution < 1.29 is 32.8 Å². The van der Waals surface area contributed by atoms with Gasteiger partial charge in [0.2, 0.25) is 17.7 Å². The summed E-state index contributed by atoms with van der Waals surface area (Å²) >= 11 is 0. The van der Waals surface area contributed by atoms with Crippen molar-refractivity contribution >= 4 is 34.7 Å². The highest BCUT2D eigenvalue weighted by atomic mass is 19.4. The lowest BCUT2D eigenvalue weighted by molar-refractivity contribution is -0.137. The van der Waals surface area contributed by atoms with E-state index in [1.165, 1.54) is 22.7 Å². The first-order valence-electron chi connectivity index (χ1n) is 14.9. The molecule has 3 amide bonds. The molecule has 46 heavy (non-hydrogen) atoms. The number of hydroxylamine groups is 1. The number of aromatic nitrogens is 3. The van der Waals surface area contributed by atoms with E-state index in [2.05, 4.69) is 20.7 Å². The molecular formula is C33H37F3N6O4. The van der Waals surface area contributed by atoms with Crippen molar-refractivity contribution in [3.63, 3.8) is 0 Å². The van der Waals surface area contributed by atoms with Crippen LogP contribution in [0.4, 0.5) is 24.5 Å². The predicted octanol–water partition coefficient (Wildman–Crippen LogP) is 7.16. The summed E-state index contributed by atoms with van der Waals surface area (Å²) in [6.07, 6.45) is -0.441. The molecule has 0 fully saturated rings. The van der Waals surface area contributed by atoms with Gasteiger partial charge in [0.15, 0.2) is 5.65 Å². The van der Waals surface area contributed by atoms with E-state index in [9.17, 15) is 27.6 Å². The minimum atomic E-state index is -4.72. The van der Waals surface area contributed by atoms with E-state index < -0.39 is 29.0 Å². The fourth-order valence-corrected chi connectivity index (χ4v) is 4.67. The molecule has 4 rings (SSSR count). The number of unbranched alkanes of at least 4 members (excludes halogenated alkanes) is 3. The van der Waals surface area contributed by atoms with Crippen LogP contribution in [0.5, 0.6) is 0 Å². The highest BCUT2D eigenvalue weighted by Crippen LogP contribution is 2.38. The van der Waals surface area contributed by atoms with E-state index in [4.69, 9.17) is 5.21 Å². The van der Waals surface area contributed by atoms with E-state index in [0.717, 1.165) is 11.6 Å². The number of rotatable bonds is 11. The summed E-state index contributed by atoms with van der Waals surface area (Å²) in [6, 6.07) is 12.1. The Labute approximate surface area is 264 Å². The molecule has 2 aromatic carbocycles. The average Bonchev–Trinajstić information content (AvgIpc) is 3.42. The summed E-state index contributed by atoms with van der Waals surface area (Å²) < 4.78 is 44.0. The number of imidazole rings is 1. The lowest BCUT2D eigenvalue weighted by Gasteiger charge is -2.19. The molecule has 4 aromatic rings. The van der Waals surface area contributed by atoms with E-state index in [1.54, 1.807) is 23.8 Å². The molecule has 10 nitrogen and oxygen atoms in total. The number of carbonyl (C=O) groups excluding carboxylic acids is 3. The van der Waals surface area contributed by atoms with Crippen LogP contribution in [0.15, 0.2) is 54.7 Å². The highest BCUT2D eigenvalue weighted by Gasteiger charge is 2.34. The number of aryl methyl sites for hydroxylation is 1. The van der Waals surface area contributed by atoms with Gasteiger partial charge in [0.1, 0.15) is 0 Å². The minimum Gasteiger partial charge on any atom is -0.326 e. The van der Waals surface area contributed by atoms with Gasteiger partial charge in [-0.25, -0.2) is 15.0 Å². The van der Waals surface area contributed by atoms with Gasteiger partial charge < -0.3 is 10.6 Å². The van der Waals surface area contributed by atoms with Crippen LogP contribution < -0.4 is 16.1 Å². The maximum absolute atomic E-state index is 14.2. The fraction of sp³-hybridized carbons (Fsp3) is 0.364. The van der Waals surface area contributed by atoms with Crippen molar-refractivity contribution in [1.29, 1.82) is 0 Å². The number of hydrogen-bond acceptors (Lipinski definition) is 6. The number of hydrogen-bond donors (Lipinski definition) is 4. The second kappa shape index (κ2) is 14.1. The molecule has 13 heteroatoms. The molecule has 244 valence electrons. The van der Waals surface area contributed by atoms with E-state index in [1.807, 2.05) is 39.8 Å². The maximum Gasteiger partial charge on any atom is 0.417 e. The van der Waals surface area contributed by atoms with Crippen LogP contribution >= 0.6 is 0 Å². The van der Waals surface area contributed by atoms with Crippen molar-refractivity contribution in [2.75, 3.05) is 10.6 Å². The Hall–Kier alpha value is -4.78. The first-order chi connectivity index (χ1) is 21.7. The SMILES string of the molecule is Cc1ccc(-c2cn3nc(-c4ccc(NC(=O)CCCCCCC(=O)NO)cc4C(F)(F)F)ccc3n2)cc1NC(=O)C(C)(C)C. The number of benzene rings is 2. The van der Waals surface area contributed by atoms with Gasteiger partial charge in [-0.3, -0.25) is 19.6 Å². The predicted molar refractivity (Wildman–Crippen MR) is 168 cm³/mol. The second-order valence-corrected chi connectivity index (χ2v) is 12.1. The van der Waals surface area contributed by atoms with Gasteiger partial charge in [-0.05, 0) is 55.7 Å². The summed E-state index contributed by atoms with van der Waals surface area (Å²) in [5, 5.41) is 18.4. The second-order valence-electron chi connectivity index (χ2n) is 12.1. The molecule has 0 aliphatic carbocycles. The molecule has 0 aliphatic rings. The highest BCUT2D eigenvalue weighted by molar-refractivity contribution is 5.96. The van der Waals surface area contributed by atoms with Gasteiger partial charge in [-0.15, -0.1) is 0 Å². The van der Waals surface area contributed by atoms with Crippen molar-refractivity contribution in [2.24, 2.45) is 5.41 Å². The molecule has 0 bridgehead atoms. The molecule has 0 spiro atoms. The number of anilines is 2. The number of amides is 3. The first kappa shape index (κ1) is 34.1. The number of alkyl halides is 3. The zero-order chi connectivity index (χ0) is 33.6. The van der Waals surface area contributed by atoms with Crippen LogP contribution in [-0.4, -0.2) is 37.5 Å². The van der Waals surface area contributed by atoms with Gasteiger partial charge in [-0.2, -0.15) is 18.3 Å². The lowest BCUT2D eigenvalue weighted by Crippen LogP contribution is -2.27. The van der Waals surface area contributed by atoms with E-state index >= 15 is 0 Å². The standard InChI is InChI=1S/C33H37F3N6O4/c1-20-11-12-21(17-26(20)39-31(45)32(2,3)4)27-19-42-28(38-27)16-15-25(40-42)23-14-13-22(18-24(23)33(34,35)36)37-29(43)9-7-5-6-8-10-30(44)41-46/h11-19,46H,5-10H2,1-4H3,(H,37,43)(H,39,45)(H,41,44). The monoisotopic (exact) mass is 638 g/mol. The molecule has 0 radical (unpaired) electrons. The zero-order valence-corrected chi connectivity index (χ0v) is 26.1. The largest absolute Gasteiger partial charge is 0.417 e. The Balaban J connectivity index is 1.51. The first-order valence-corrected chi connectivity index (χ1v) is 14.9. The third-order valence-electron chi connectivity index (χ3n) is 7.35. The maximum atomic E-state index is 14.2. The van der Waals surface area contributed by atoms with Crippen molar-refractivity contribution in [2.45, 2.75) is 72.4 Å². The molecule has 0 unspecified atom stereocenters. The topological polar surface area (TPSA) is 138 Å². The fourth-order valence-electron chi connectivity index (χ4n) is 4.67. The average molecular weight is 639 g/mol. The molecule has 4 N–H and O–H groups in total. The van der Waals surface area contributed by atoms with Crippen molar-refractivity contribution in [1.82, 2.24) is 20.1 Å². The van der Waals surface area contributed by atoms with E-state index in [-0.39, 0.29) is 35.7 Å². The summed E-state index contributed by atoms with van der Waals surface area (Å²) in [5.41, 5.74) is 3.10. The quantitative estimate of drug-likeness (QED) is 0.0782. The Morgan fingerprint density at radius 1 is 0.848 bits per heavy atom. The number of nitrogens with one attached hydrogen (secondary N) is 3. The van der Waals surface area contributed by atoms with Gasteiger partial charge in [0, 0.05) is 40.8 Å². The van der Waals surface area contributed by atoms with Gasteiger partial charge in [0.25, 0.3) is 0 Å². The molecule has 0 saturated heterocycles. The summed E-state index contributed by atoms with van der Waals surface area (Å²) in [7, 11) is 0. The van der Waals surface area contributed by atoms with Gasteiger partial charge >= 0.3 is 6.18 Å². The van der Waals surface area contributed by atoms with Crippen molar-refractivity contribution in [3.8, 4) is 22.5 Å². The zero-order valence-electron chi connectivity index (χ0n) is 26.1. The number of fused-ring (bicyclic) bond motifs is 1. The summed E-state index contributed by atoms with van der Waals surface area (Å²) in [4.78, 5) is 40.5. The Bertz CT molecular complexity index is 1740. The molecule has 2 aromatic heterocycles. The number of carbonyl (C=O) groups is 3. The Morgan fingerprint density at radius 2 is 1.54 bits per heavy atom. The normalized spacial score (nSPS) is 11.8. The van der Waals surface area contributed by atoms with Crippen LogP contribution in [0.1, 0.15) is 70.4 Å². The summed E-state index contributed by atoms with van der Waals surface area (Å²) in [5.74, 6) is -1.04. The number of halogens is 3. The van der Waals surface area contributed by atoms with Crippen LogP contribution in [0, 0.1) is 12.3 Å². The molecule has 0 saturated carbocycles. The Morgan fingerprint density at radius 3 is 2.20 bits per heavy atom. The minimum absolute atomic E-state index is 0.0143. The number of nitrogens with zero attached hydrogens (tertiary/aromatic N) is 3.